The summed E-state index contributed by atoms with van der Waals surface area (Å²) in [7, 11) is 3.69. The van der Waals surface area contributed by atoms with Crippen molar-refractivity contribution in [1.82, 2.24) is 20.2 Å². The number of guanidine groups is 1. The maximum atomic E-state index is 5.89. The molecule has 1 unspecified atom stereocenters. The zero-order chi connectivity index (χ0) is 21.5. The Hall–Kier alpha value is -1.98. The smallest absolute Gasteiger partial charge is 0.216 e. The highest BCUT2D eigenvalue weighted by atomic mass is 127. The maximum Gasteiger partial charge on any atom is 0.216 e. The van der Waals surface area contributed by atoms with Crippen LogP contribution in [0.3, 0.4) is 0 Å². The molecule has 0 saturated carbocycles. The SMILES string of the molecule is CCNC(=NCc1ncc(-c2ccc(C)cc2)o1)N(C)Cc1csc(C(C)OC)n1.I. The number of aryl methyl sites for hydroxylation is 1. The number of hydrogen-bond donors (Lipinski definition) is 1. The number of rotatable bonds is 8. The Morgan fingerprint density at radius 1 is 1.32 bits per heavy atom. The minimum Gasteiger partial charge on any atom is -0.439 e. The zero-order valence-electron chi connectivity index (χ0n) is 18.6. The van der Waals surface area contributed by atoms with Gasteiger partial charge in [0.1, 0.15) is 17.7 Å². The molecule has 1 aromatic carbocycles. The maximum absolute atomic E-state index is 5.89. The number of thiazole rings is 1. The summed E-state index contributed by atoms with van der Waals surface area (Å²) in [6.45, 7) is 7.89. The van der Waals surface area contributed by atoms with Gasteiger partial charge in [-0.1, -0.05) is 29.8 Å². The number of hydrogen-bond acceptors (Lipinski definition) is 6. The van der Waals surface area contributed by atoms with Crippen LogP contribution >= 0.6 is 35.3 Å². The van der Waals surface area contributed by atoms with Crippen molar-refractivity contribution in [3.05, 3.63) is 58.0 Å². The first-order valence-electron chi connectivity index (χ1n) is 9.98. The van der Waals surface area contributed by atoms with Crippen LogP contribution < -0.4 is 5.32 Å². The molecule has 2 heterocycles. The van der Waals surface area contributed by atoms with Gasteiger partial charge in [0.2, 0.25) is 5.89 Å². The van der Waals surface area contributed by atoms with E-state index in [1.54, 1.807) is 24.6 Å². The Bertz CT molecular complexity index is 970. The van der Waals surface area contributed by atoms with Crippen molar-refractivity contribution in [3.63, 3.8) is 0 Å². The molecule has 0 amide bonds. The molecule has 7 nitrogen and oxygen atoms in total. The van der Waals surface area contributed by atoms with Gasteiger partial charge in [0.25, 0.3) is 0 Å². The van der Waals surface area contributed by atoms with E-state index in [1.807, 2.05) is 37.9 Å². The summed E-state index contributed by atoms with van der Waals surface area (Å²) in [4.78, 5) is 15.8. The lowest BCUT2D eigenvalue weighted by Crippen LogP contribution is -2.38. The van der Waals surface area contributed by atoms with Crippen LogP contribution in [-0.2, 0) is 17.8 Å². The second-order valence-corrected chi connectivity index (χ2v) is 7.96. The summed E-state index contributed by atoms with van der Waals surface area (Å²) in [5.41, 5.74) is 3.21. The van der Waals surface area contributed by atoms with Crippen LogP contribution in [0.1, 0.15) is 42.1 Å². The van der Waals surface area contributed by atoms with Gasteiger partial charge in [0.05, 0.1) is 18.4 Å². The fourth-order valence-electron chi connectivity index (χ4n) is 2.85. The van der Waals surface area contributed by atoms with E-state index in [-0.39, 0.29) is 30.1 Å². The summed E-state index contributed by atoms with van der Waals surface area (Å²) in [6, 6.07) is 8.19. The number of benzene rings is 1. The molecule has 1 atom stereocenters. The average Bonchev–Trinajstić information content (AvgIpc) is 3.41. The van der Waals surface area contributed by atoms with Gasteiger partial charge in [0.15, 0.2) is 11.7 Å². The first-order chi connectivity index (χ1) is 14.5. The fourth-order valence-corrected chi connectivity index (χ4v) is 3.69. The molecule has 0 aliphatic heterocycles. The van der Waals surface area contributed by atoms with Crippen LogP contribution in [0.4, 0.5) is 0 Å². The summed E-state index contributed by atoms with van der Waals surface area (Å²) in [5, 5.41) is 6.36. The lowest BCUT2D eigenvalue weighted by molar-refractivity contribution is 0.119. The number of nitrogens with zero attached hydrogens (tertiary/aromatic N) is 4. The predicted molar refractivity (Wildman–Crippen MR) is 136 cm³/mol. The lowest BCUT2D eigenvalue weighted by atomic mass is 10.1. The number of nitrogens with one attached hydrogen (secondary N) is 1. The summed E-state index contributed by atoms with van der Waals surface area (Å²) < 4.78 is 11.2. The van der Waals surface area contributed by atoms with E-state index in [4.69, 9.17) is 9.15 Å². The van der Waals surface area contributed by atoms with Gasteiger partial charge < -0.3 is 19.4 Å². The molecule has 3 rings (SSSR count). The van der Waals surface area contributed by atoms with Crippen LogP contribution in [0.25, 0.3) is 11.3 Å². The van der Waals surface area contributed by atoms with Crippen molar-refractivity contribution in [2.75, 3.05) is 20.7 Å². The predicted octanol–water partition coefficient (Wildman–Crippen LogP) is 5.03. The van der Waals surface area contributed by atoms with Gasteiger partial charge in [-0.3, -0.25) is 0 Å². The van der Waals surface area contributed by atoms with Gasteiger partial charge in [0, 0.05) is 31.6 Å². The quantitative estimate of drug-likeness (QED) is 0.239. The highest BCUT2D eigenvalue weighted by Crippen LogP contribution is 2.22. The summed E-state index contributed by atoms with van der Waals surface area (Å²) in [5.74, 6) is 2.11. The number of aromatic nitrogens is 2. The van der Waals surface area contributed by atoms with E-state index < -0.39 is 0 Å². The van der Waals surface area contributed by atoms with Gasteiger partial charge in [-0.2, -0.15) is 0 Å². The van der Waals surface area contributed by atoms with E-state index in [0.29, 0.717) is 19.0 Å². The van der Waals surface area contributed by atoms with Crippen molar-refractivity contribution in [1.29, 1.82) is 0 Å². The molecule has 9 heteroatoms. The normalized spacial score (nSPS) is 12.4. The zero-order valence-corrected chi connectivity index (χ0v) is 21.7. The third-order valence-corrected chi connectivity index (χ3v) is 5.67. The van der Waals surface area contributed by atoms with Crippen LogP contribution in [0.15, 0.2) is 45.3 Å². The molecular weight excluding hydrogens is 525 g/mol. The highest BCUT2D eigenvalue weighted by Gasteiger charge is 2.13. The molecule has 0 spiro atoms. The molecule has 2 aromatic heterocycles. The molecule has 31 heavy (non-hydrogen) atoms. The van der Waals surface area contributed by atoms with Crippen molar-refractivity contribution >= 4 is 41.3 Å². The molecule has 0 aliphatic carbocycles. The van der Waals surface area contributed by atoms with Crippen LogP contribution in [0, 0.1) is 6.92 Å². The second kappa shape index (κ2) is 12.2. The monoisotopic (exact) mass is 555 g/mol. The van der Waals surface area contributed by atoms with Crippen LogP contribution in [0.2, 0.25) is 0 Å². The largest absolute Gasteiger partial charge is 0.439 e. The Labute approximate surface area is 205 Å². The van der Waals surface area contributed by atoms with Crippen LogP contribution in [-0.4, -0.2) is 41.5 Å². The number of halogens is 1. The van der Waals surface area contributed by atoms with Crippen molar-refractivity contribution in [3.8, 4) is 11.3 Å². The molecule has 0 saturated heterocycles. The van der Waals surface area contributed by atoms with Crippen LogP contribution in [0.5, 0.6) is 0 Å². The fraction of sp³-hybridized carbons (Fsp3) is 0.409. The Balaban J connectivity index is 0.00000341. The van der Waals surface area contributed by atoms with E-state index in [1.165, 1.54) is 5.56 Å². The minimum atomic E-state index is 0. The molecule has 3 aromatic rings. The van der Waals surface area contributed by atoms with Gasteiger partial charge in [-0.25, -0.2) is 15.0 Å². The Morgan fingerprint density at radius 3 is 2.74 bits per heavy atom. The molecule has 0 fully saturated rings. The first kappa shape index (κ1) is 25.3. The standard InChI is InChI=1S/C22H29N5O2S.HI/c1-6-23-22(27(4)13-18-14-30-21(26-18)16(3)28-5)25-12-20-24-11-19(29-20)17-9-7-15(2)8-10-17;/h7-11,14,16H,6,12-13H2,1-5H3,(H,23,25);1H. The number of oxazole rings is 1. The average molecular weight is 555 g/mol. The Kier molecular flexibility index (Phi) is 9.92. The third kappa shape index (κ3) is 7.01. The molecular formula is C22H30IN5O2S. The molecule has 1 N–H and O–H groups in total. The van der Waals surface area contributed by atoms with Crippen molar-refractivity contribution < 1.29 is 9.15 Å². The minimum absolute atomic E-state index is 0. The molecule has 168 valence electrons. The van der Waals surface area contributed by atoms with Gasteiger partial charge >= 0.3 is 0 Å². The van der Waals surface area contributed by atoms with E-state index in [0.717, 1.165) is 34.5 Å². The lowest BCUT2D eigenvalue weighted by Gasteiger charge is -2.21. The topological polar surface area (TPSA) is 75.8 Å². The first-order valence-corrected chi connectivity index (χ1v) is 10.9. The van der Waals surface area contributed by atoms with E-state index in [9.17, 15) is 0 Å². The third-order valence-electron chi connectivity index (χ3n) is 4.62. The van der Waals surface area contributed by atoms with Crippen molar-refractivity contribution in [2.45, 2.75) is 40.0 Å². The summed E-state index contributed by atoms with van der Waals surface area (Å²) >= 11 is 1.61. The molecule has 0 radical (unpaired) electrons. The second-order valence-electron chi connectivity index (χ2n) is 7.07. The highest BCUT2D eigenvalue weighted by molar-refractivity contribution is 14.0. The molecule has 0 aliphatic rings. The Morgan fingerprint density at radius 2 is 2.06 bits per heavy atom. The van der Waals surface area contributed by atoms with E-state index >= 15 is 0 Å². The van der Waals surface area contributed by atoms with Crippen molar-refractivity contribution in [2.24, 2.45) is 4.99 Å². The molecule has 0 bridgehead atoms. The number of ether oxygens (including phenoxy) is 1. The number of aliphatic imine (C=N–C) groups is 1. The van der Waals surface area contributed by atoms with E-state index in [2.05, 4.69) is 44.7 Å². The van der Waals surface area contributed by atoms with Gasteiger partial charge in [-0.05, 0) is 20.8 Å². The van der Waals surface area contributed by atoms with Gasteiger partial charge in [-0.15, -0.1) is 35.3 Å². The number of methoxy groups -OCH3 is 1. The summed E-state index contributed by atoms with van der Waals surface area (Å²) in [6.07, 6.45) is 1.75.